The van der Waals surface area contributed by atoms with Crippen LogP contribution in [0.25, 0.3) is 0 Å². The van der Waals surface area contributed by atoms with E-state index in [2.05, 4.69) is 47.5 Å². The van der Waals surface area contributed by atoms with Crippen LogP contribution >= 0.6 is 24.8 Å². The summed E-state index contributed by atoms with van der Waals surface area (Å²) in [6, 6.07) is 11.5. The van der Waals surface area contributed by atoms with E-state index in [-0.39, 0.29) is 24.8 Å². The van der Waals surface area contributed by atoms with Gasteiger partial charge in [0.25, 0.3) is 0 Å². The number of nitrogens with zero attached hydrogens (tertiary/aromatic N) is 1. The van der Waals surface area contributed by atoms with Crippen molar-refractivity contribution in [1.29, 1.82) is 0 Å². The Hall–Kier alpha value is -0.280. The van der Waals surface area contributed by atoms with Gasteiger partial charge in [0.15, 0.2) is 0 Å². The molecule has 0 radical (unpaired) electrons. The van der Waals surface area contributed by atoms with Crippen LogP contribution in [0.4, 0.5) is 0 Å². The molecule has 1 saturated heterocycles. The lowest BCUT2D eigenvalue weighted by Gasteiger charge is -2.33. The number of hydrogen-bond donors (Lipinski definition) is 1. The first-order valence-electron chi connectivity index (χ1n) is 6.39. The van der Waals surface area contributed by atoms with Crippen molar-refractivity contribution in [3.63, 3.8) is 0 Å². The van der Waals surface area contributed by atoms with E-state index < -0.39 is 0 Å². The first kappa shape index (κ1) is 17.7. The maximum Gasteiger partial charge on any atom is 0.0237 e. The van der Waals surface area contributed by atoms with Crippen molar-refractivity contribution in [3.8, 4) is 0 Å². The molecule has 2 rings (SSSR count). The summed E-state index contributed by atoms with van der Waals surface area (Å²) in [4.78, 5) is 2.58. The monoisotopic (exact) mass is 290 g/mol. The Morgan fingerprint density at radius 2 is 1.94 bits per heavy atom. The molecular weight excluding hydrogens is 267 g/mol. The molecule has 1 aromatic rings. The van der Waals surface area contributed by atoms with Crippen LogP contribution in [0.2, 0.25) is 0 Å². The van der Waals surface area contributed by atoms with Gasteiger partial charge in [-0.05, 0) is 31.5 Å². The Balaban J connectivity index is 0.00000144. The molecule has 0 saturated carbocycles. The molecule has 4 heteroatoms. The summed E-state index contributed by atoms with van der Waals surface area (Å²) < 4.78 is 0. The number of rotatable bonds is 4. The predicted molar refractivity (Wildman–Crippen MR) is 82.9 cm³/mol. The van der Waals surface area contributed by atoms with Gasteiger partial charge in [0.1, 0.15) is 0 Å². The second kappa shape index (κ2) is 9.62. The first-order chi connectivity index (χ1) is 7.90. The molecule has 1 heterocycles. The maximum absolute atomic E-state index is 3.49. The molecular formula is C14H24Cl2N2. The van der Waals surface area contributed by atoms with Gasteiger partial charge < -0.3 is 5.32 Å². The molecule has 1 aliphatic rings. The van der Waals surface area contributed by atoms with E-state index in [1.54, 1.807) is 0 Å². The smallest absolute Gasteiger partial charge is 0.0237 e. The number of hydrogen-bond acceptors (Lipinski definition) is 2. The highest BCUT2D eigenvalue weighted by Gasteiger charge is 2.19. The van der Waals surface area contributed by atoms with Gasteiger partial charge in [-0.1, -0.05) is 37.3 Å². The van der Waals surface area contributed by atoms with Gasteiger partial charge >= 0.3 is 0 Å². The fraction of sp³-hybridized carbons (Fsp3) is 0.571. The average molecular weight is 291 g/mol. The number of halogens is 2. The standard InChI is InChI=1S/C14H22N2.2ClH/c1-2-16(14-9-6-10-15-11-14)12-13-7-4-3-5-8-13;;/h3-5,7-8,14-15H,2,6,9-12H2,1H3;2*1H. The van der Waals surface area contributed by atoms with Crippen molar-refractivity contribution in [2.45, 2.75) is 32.4 Å². The van der Waals surface area contributed by atoms with Crippen LogP contribution in [0, 0.1) is 0 Å². The van der Waals surface area contributed by atoms with E-state index in [1.165, 1.54) is 24.9 Å². The molecule has 0 bridgehead atoms. The molecule has 1 fully saturated rings. The number of benzene rings is 1. The Morgan fingerprint density at radius 1 is 1.22 bits per heavy atom. The summed E-state index contributed by atoms with van der Waals surface area (Å²) in [6.07, 6.45) is 2.66. The van der Waals surface area contributed by atoms with E-state index in [9.17, 15) is 0 Å². The van der Waals surface area contributed by atoms with Crippen LogP contribution < -0.4 is 5.32 Å². The second-order valence-corrected chi connectivity index (χ2v) is 4.55. The highest BCUT2D eigenvalue weighted by atomic mass is 35.5. The third-order valence-corrected chi connectivity index (χ3v) is 3.42. The molecule has 104 valence electrons. The molecule has 1 aromatic carbocycles. The van der Waals surface area contributed by atoms with Gasteiger partial charge in [0, 0.05) is 19.1 Å². The van der Waals surface area contributed by atoms with Gasteiger partial charge in [-0.3, -0.25) is 4.90 Å². The molecule has 1 N–H and O–H groups in total. The van der Waals surface area contributed by atoms with Crippen LogP contribution in [0.1, 0.15) is 25.3 Å². The number of nitrogens with one attached hydrogen (secondary N) is 1. The van der Waals surface area contributed by atoms with Crippen molar-refractivity contribution in [2.75, 3.05) is 19.6 Å². The second-order valence-electron chi connectivity index (χ2n) is 4.55. The van der Waals surface area contributed by atoms with E-state index in [0.29, 0.717) is 0 Å². The largest absolute Gasteiger partial charge is 0.315 e. The van der Waals surface area contributed by atoms with Crippen LogP contribution in [-0.2, 0) is 6.54 Å². The van der Waals surface area contributed by atoms with E-state index >= 15 is 0 Å². The summed E-state index contributed by atoms with van der Waals surface area (Å²) in [5.74, 6) is 0. The summed E-state index contributed by atoms with van der Waals surface area (Å²) in [5.41, 5.74) is 1.43. The van der Waals surface area contributed by atoms with Gasteiger partial charge in [-0.15, -0.1) is 24.8 Å². The molecule has 0 aromatic heterocycles. The summed E-state index contributed by atoms with van der Waals surface area (Å²) in [7, 11) is 0. The van der Waals surface area contributed by atoms with Crippen LogP contribution in [0.15, 0.2) is 30.3 Å². The van der Waals surface area contributed by atoms with Crippen LogP contribution in [0.5, 0.6) is 0 Å². The highest BCUT2D eigenvalue weighted by Crippen LogP contribution is 2.13. The number of piperidine rings is 1. The van der Waals surface area contributed by atoms with Crippen molar-refractivity contribution < 1.29 is 0 Å². The lowest BCUT2D eigenvalue weighted by Crippen LogP contribution is -2.45. The summed E-state index contributed by atoms with van der Waals surface area (Å²) in [5, 5.41) is 3.49. The normalized spacial score (nSPS) is 18.9. The minimum absolute atomic E-state index is 0. The molecule has 1 aliphatic heterocycles. The van der Waals surface area contributed by atoms with Crippen LogP contribution in [0.3, 0.4) is 0 Å². The van der Waals surface area contributed by atoms with Gasteiger partial charge in [-0.2, -0.15) is 0 Å². The Bertz CT molecular complexity index is 300. The zero-order valence-corrected chi connectivity index (χ0v) is 12.6. The zero-order valence-electron chi connectivity index (χ0n) is 11.0. The quantitative estimate of drug-likeness (QED) is 0.917. The Morgan fingerprint density at radius 3 is 2.50 bits per heavy atom. The molecule has 0 spiro atoms. The molecule has 0 amide bonds. The molecule has 1 atom stereocenters. The first-order valence-corrected chi connectivity index (χ1v) is 6.39. The van der Waals surface area contributed by atoms with Crippen LogP contribution in [-0.4, -0.2) is 30.6 Å². The average Bonchev–Trinajstić information content (AvgIpc) is 2.38. The van der Waals surface area contributed by atoms with Crippen molar-refractivity contribution in [3.05, 3.63) is 35.9 Å². The van der Waals surface area contributed by atoms with Gasteiger partial charge in [-0.25, -0.2) is 0 Å². The third-order valence-electron chi connectivity index (χ3n) is 3.42. The van der Waals surface area contributed by atoms with Gasteiger partial charge in [0.05, 0.1) is 0 Å². The summed E-state index contributed by atoms with van der Waals surface area (Å²) in [6.45, 7) is 6.84. The van der Waals surface area contributed by atoms with E-state index in [0.717, 1.165) is 25.7 Å². The Labute approximate surface area is 123 Å². The molecule has 0 aliphatic carbocycles. The minimum Gasteiger partial charge on any atom is -0.315 e. The Kier molecular flexibility index (Phi) is 9.47. The minimum atomic E-state index is 0. The number of likely N-dealkylation sites (N-methyl/N-ethyl adjacent to an activating group) is 1. The molecule has 2 nitrogen and oxygen atoms in total. The predicted octanol–water partition coefficient (Wildman–Crippen LogP) is 3.10. The topological polar surface area (TPSA) is 15.3 Å². The fourth-order valence-corrected chi connectivity index (χ4v) is 2.46. The zero-order chi connectivity index (χ0) is 11.2. The molecule has 1 unspecified atom stereocenters. The maximum atomic E-state index is 3.49. The van der Waals surface area contributed by atoms with Gasteiger partial charge in [0.2, 0.25) is 0 Å². The van der Waals surface area contributed by atoms with Crippen molar-refractivity contribution >= 4 is 24.8 Å². The summed E-state index contributed by atoms with van der Waals surface area (Å²) >= 11 is 0. The van der Waals surface area contributed by atoms with E-state index in [1.807, 2.05) is 0 Å². The van der Waals surface area contributed by atoms with E-state index in [4.69, 9.17) is 0 Å². The van der Waals surface area contributed by atoms with Crippen molar-refractivity contribution in [1.82, 2.24) is 10.2 Å². The third kappa shape index (κ3) is 5.15. The fourth-order valence-electron chi connectivity index (χ4n) is 2.46. The SMILES string of the molecule is CCN(Cc1ccccc1)C1CCCNC1.Cl.Cl. The lowest BCUT2D eigenvalue weighted by molar-refractivity contribution is 0.166. The lowest BCUT2D eigenvalue weighted by atomic mass is 10.0. The van der Waals surface area contributed by atoms with Crippen molar-refractivity contribution in [2.24, 2.45) is 0 Å². The molecule has 18 heavy (non-hydrogen) atoms. The highest BCUT2D eigenvalue weighted by molar-refractivity contribution is 5.85.